The van der Waals surface area contributed by atoms with E-state index in [1.807, 2.05) is 0 Å². The number of rotatable bonds is 4. The number of hydrogen-bond acceptors (Lipinski definition) is 0. The summed E-state index contributed by atoms with van der Waals surface area (Å²) in [5.74, 6) is 0. The van der Waals surface area contributed by atoms with Gasteiger partial charge in [0.1, 0.15) is 0 Å². The molecule has 25 heavy (non-hydrogen) atoms. The predicted octanol–water partition coefficient (Wildman–Crippen LogP) is -0.551. The van der Waals surface area contributed by atoms with Crippen LogP contribution in [0.2, 0.25) is 3.12 Å². The molecule has 3 heteroatoms. The maximum absolute atomic E-state index is 2.51. The van der Waals surface area contributed by atoms with Gasteiger partial charge >= 0.3 is 151 Å². The van der Waals surface area contributed by atoms with Crippen LogP contribution in [0.25, 0.3) is 11.1 Å². The Morgan fingerprint density at radius 2 is 1.72 bits per heavy atom. The topological polar surface area (TPSA) is 0 Å². The van der Waals surface area contributed by atoms with E-state index < -0.39 is 23.2 Å². The fourth-order valence-electron chi connectivity index (χ4n) is 4.09. The molecule has 0 amide bonds. The SMILES string of the molecule is CCC1=CC=C[C]1(CC)[Zr+2][c]1cccc2c1Cc1ccccc1-2.[Cl-].[Cl-]. The number of benzene rings is 2. The molecule has 2 aromatic rings. The van der Waals surface area contributed by atoms with Crippen molar-refractivity contribution in [1.29, 1.82) is 0 Å². The molecule has 1 unspecified atom stereocenters. The number of fused-ring (bicyclic) bond motifs is 3. The molecule has 2 aliphatic carbocycles. The average Bonchev–Trinajstić information content (AvgIpc) is 3.17. The molecule has 0 nitrogen and oxygen atoms in total. The van der Waals surface area contributed by atoms with Gasteiger partial charge in [-0.05, 0) is 0 Å². The van der Waals surface area contributed by atoms with Gasteiger partial charge in [0.25, 0.3) is 0 Å². The Balaban J connectivity index is 0.00000113. The first kappa shape index (κ1) is 20.7. The van der Waals surface area contributed by atoms with Crippen LogP contribution in [0.4, 0.5) is 0 Å². The van der Waals surface area contributed by atoms with Gasteiger partial charge in [0.05, 0.1) is 0 Å². The summed E-state index contributed by atoms with van der Waals surface area (Å²) in [6.07, 6.45) is 10.8. The van der Waals surface area contributed by atoms with E-state index in [0.29, 0.717) is 3.12 Å². The van der Waals surface area contributed by atoms with Crippen LogP contribution >= 0.6 is 0 Å². The van der Waals surface area contributed by atoms with Gasteiger partial charge in [-0.25, -0.2) is 0 Å². The zero-order valence-corrected chi connectivity index (χ0v) is 18.6. The van der Waals surface area contributed by atoms with E-state index in [0.717, 1.165) is 6.42 Å². The van der Waals surface area contributed by atoms with E-state index in [9.17, 15) is 0 Å². The summed E-state index contributed by atoms with van der Waals surface area (Å²) in [6.45, 7) is 4.69. The molecule has 2 aliphatic rings. The van der Waals surface area contributed by atoms with E-state index in [4.69, 9.17) is 0 Å². The Morgan fingerprint density at radius 3 is 2.48 bits per heavy atom. The van der Waals surface area contributed by atoms with Crippen LogP contribution in [0.5, 0.6) is 0 Å². The summed E-state index contributed by atoms with van der Waals surface area (Å²) in [5.41, 5.74) is 7.76. The van der Waals surface area contributed by atoms with Crippen LogP contribution in [0.1, 0.15) is 37.8 Å². The minimum absolute atomic E-state index is 0. The van der Waals surface area contributed by atoms with E-state index in [2.05, 4.69) is 74.5 Å². The van der Waals surface area contributed by atoms with Crippen LogP contribution in [0, 0.1) is 0 Å². The summed E-state index contributed by atoms with van der Waals surface area (Å²) >= 11 is -0.734. The molecule has 0 saturated carbocycles. The third kappa shape index (κ3) is 3.49. The summed E-state index contributed by atoms with van der Waals surface area (Å²) < 4.78 is 2.11. The summed E-state index contributed by atoms with van der Waals surface area (Å²) in [5, 5.41) is 0. The van der Waals surface area contributed by atoms with Crippen molar-refractivity contribution in [2.75, 3.05) is 0 Å². The third-order valence-electron chi connectivity index (χ3n) is 5.40. The molecule has 0 aromatic heterocycles. The Hall–Kier alpha value is -0.617. The Morgan fingerprint density at radius 1 is 0.960 bits per heavy atom. The largest absolute Gasteiger partial charge is 1.00 e. The smallest absolute Gasteiger partial charge is 1.00 e. The quantitative estimate of drug-likeness (QED) is 0.503. The van der Waals surface area contributed by atoms with Gasteiger partial charge < -0.3 is 24.8 Å². The molecule has 4 rings (SSSR count). The van der Waals surface area contributed by atoms with Gasteiger partial charge in [-0.3, -0.25) is 0 Å². The van der Waals surface area contributed by atoms with E-state index in [1.165, 1.54) is 29.5 Å². The van der Waals surface area contributed by atoms with Gasteiger partial charge in [0.15, 0.2) is 0 Å². The van der Waals surface area contributed by atoms with Crippen LogP contribution in [0.3, 0.4) is 0 Å². The van der Waals surface area contributed by atoms with E-state index in [-0.39, 0.29) is 24.8 Å². The summed E-state index contributed by atoms with van der Waals surface area (Å²) in [6, 6.07) is 16.0. The summed E-state index contributed by atoms with van der Waals surface area (Å²) in [4.78, 5) is 0. The van der Waals surface area contributed by atoms with E-state index in [1.54, 1.807) is 14.4 Å². The number of halogens is 2. The molecule has 0 heterocycles. The maximum Gasteiger partial charge on any atom is -1.00 e. The van der Waals surface area contributed by atoms with Crippen molar-refractivity contribution in [3.8, 4) is 11.1 Å². The number of allylic oxidation sites excluding steroid dienone is 4. The van der Waals surface area contributed by atoms with Gasteiger partial charge in [-0.15, -0.1) is 0 Å². The van der Waals surface area contributed by atoms with Gasteiger partial charge in [0, 0.05) is 0 Å². The molecule has 0 radical (unpaired) electrons. The van der Waals surface area contributed by atoms with Crippen molar-refractivity contribution < 1.29 is 48.0 Å². The molecule has 0 saturated heterocycles. The third-order valence-corrected chi connectivity index (χ3v) is 10.4. The molecule has 0 fully saturated rings. The zero-order chi connectivity index (χ0) is 15.9. The Bertz CT molecular complexity index is 823. The van der Waals surface area contributed by atoms with Crippen molar-refractivity contribution in [3.63, 3.8) is 0 Å². The molecule has 128 valence electrons. The molecule has 0 N–H and O–H groups in total. The fourth-order valence-corrected chi connectivity index (χ4v) is 8.54. The monoisotopic (exact) mass is 446 g/mol. The van der Waals surface area contributed by atoms with Gasteiger partial charge in [-0.2, -0.15) is 0 Å². The minimum Gasteiger partial charge on any atom is -1.00 e. The molecule has 1 atom stereocenters. The first-order valence-electron chi connectivity index (χ1n) is 8.64. The normalized spacial score (nSPS) is 19.2. The van der Waals surface area contributed by atoms with Crippen LogP contribution in [0.15, 0.2) is 66.3 Å². The van der Waals surface area contributed by atoms with Crippen molar-refractivity contribution in [2.24, 2.45) is 0 Å². The van der Waals surface area contributed by atoms with Gasteiger partial charge in [-0.1, -0.05) is 0 Å². The second-order valence-corrected chi connectivity index (χ2v) is 10.7. The first-order chi connectivity index (χ1) is 11.3. The van der Waals surface area contributed by atoms with Crippen LogP contribution in [-0.2, 0) is 29.7 Å². The summed E-state index contributed by atoms with van der Waals surface area (Å²) in [7, 11) is 0. The maximum atomic E-state index is 2.51. The molecular formula is C22H22Cl2Zr. The molecular weight excluding hydrogens is 426 g/mol. The van der Waals surface area contributed by atoms with Crippen molar-refractivity contribution in [1.82, 2.24) is 0 Å². The van der Waals surface area contributed by atoms with E-state index >= 15 is 0 Å². The number of hydrogen-bond donors (Lipinski definition) is 0. The Kier molecular flexibility index (Phi) is 6.94. The predicted molar refractivity (Wildman–Crippen MR) is 94.8 cm³/mol. The van der Waals surface area contributed by atoms with Crippen molar-refractivity contribution >= 4 is 3.27 Å². The molecule has 0 aliphatic heterocycles. The van der Waals surface area contributed by atoms with Crippen LogP contribution < -0.4 is 28.1 Å². The first-order valence-corrected chi connectivity index (χ1v) is 11.1. The Labute approximate surface area is 175 Å². The fraction of sp³-hybridized carbons (Fsp3) is 0.273. The molecule has 2 aromatic carbocycles. The second kappa shape index (κ2) is 8.38. The average molecular weight is 449 g/mol. The van der Waals surface area contributed by atoms with Gasteiger partial charge in [0.2, 0.25) is 0 Å². The van der Waals surface area contributed by atoms with Crippen LogP contribution in [-0.4, -0.2) is 0 Å². The second-order valence-electron chi connectivity index (χ2n) is 6.52. The standard InChI is InChI=1S/C13H9.C9H13.2ClH.Zr/c1-3-7-12-10(5-1)9-11-6-2-4-8-13(11)12;1-3-8-6-5-7-9(8)4-2;;;/h1-5,7-8H,9H2;5-7H,3-4H2,1-2H3;2*1H;/q;;;;+2/p-2. The molecule has 0 bridgehead atoms. The molecule has 0 spiro atoms. The van der Waals surface area contributed by atoms with Crippen molar-refractivity contribution in [2.45, 2.75) is 36.2 Å². The zero-order valence-electron chi connectivity index (χ0n) is 14.7. The minimum atomic E-state index is -0.734. The van der Waals surface area contributed by atoms with Crippen molar-refractivity contribution in [3.05, 3.63) is 77.4 Å².